The van der Waals surface area contributed by atoms with Crippen LogP contribution in [0.3, 0.4) is 0 Å². The quantitative estimate of drug-likeness (QED) is 0.604. The van der Waals surface area contributed by atoms with Crippen molar-refractivity contribution in [3.63, 3.8) is 0 Å². The summed E-state index contributed by atoms with van der Waals surface area (Å²) in [6.07, 6.45) is 3.64. The van der Waals surface area contributed by atoms with Crippen molar-refractivity contribution >= 4 is 22.5 Å². The van der Waals surface area contributed by atoms with Gasteiger partial charge < -0.3 is 0 Å². The Morgan fingerprint density at radius 1 is 1.80 bits per heavy atom. The molecule has 0 radical (unpaired) electrons. The number of allylic oxidation sites excluding steroid dienone is 2. The van der Waals surface area contributed by atoms with Crippen LogP contribution in [-0.4, -0.2) is 23.1 Å². The molecule has 10 heavy (non-hydrogen) atoms. The first-order chi connectivity index (χ1) is 4.84. The molecular formula is C7H10N2S. The third kappa shape index (κ3) is 1.70. The van der Waals surface area contributed by atoms with Crippen LogP contribution < -0.4 is 0 Å². The van der Waals surface area contributed by atoms with Crippen LogP contribution in [0.25, 0.3) is 0 Å². The Hall–Kier alpha value is -0.570. The fraction of sp³-hybridized carbons (Fsp3) is 0.429. The molecule has 0 amide bonds. The van der Waals surface area contributed by atoms with Gasteiger partial charge in [-0.2, -0.15) is 0 Å². The molecule has 0 spiro atoms. The minimum atomic E-state index is 0.546. The maximum absolute atomic E-state index is 7.45. The van der Waals surface area contributed by atoms with Crippen molar-refractivity contribution < 1.29 is 0 Å². The summed E-state index contributed by atoms with van der Waals surface area (Å²) in [5.41, 5.74) is 0.546. The molecule has 0 aromatic carbocycles. The van der Waals surface area contributed by atoms with E-state index in [2.05, 4.69) is 4.99 Å². The molecule has 1 heterocycles. The summed E-state index contributed by atoms with van der Waals surface area (Å²) in [5.74, 6) is 1.04. The van der Waals surface area contributed by atoms with Crippen molar-refractivity contribution in [2.75, 3.05) is 12.3 Å². The Labute approximate surface area is 64.9 Å². The number of nitrogens with zero attached hydrogens (tertiary/aromatic N) is 1. The minimum Gasteiger partial charge on any atom is -0.298 e. The molecule has 2 nitrogen and oxygen atoms in total. The number of nitrogens with one attached hydrogen (secondary N) is 1. The van der Waals surface area contributed by atoms with Gasteiger partial charge in [0.1, 0.15) is 5.04 Å². The van der Waals surface area contributed by atoms with E-state index in [1.165, 1.54) is 0 Å². The van der Waals surface area contributed by atoms with E-state index in [0.717, 1.165) is 17.3 Å². The number of thioether (sulfide) groups is 1. The zero-order valence-electron chi connectivity index (χ0n) is 5.92. The fourth-order valence-electron chi connectivity index (χ4n) is 0.736. The van der Waals surface area contributed by atoms with E-state index >= 15 is 0 Å². The van der Waals surface area contributed by atoms with E-state index in [1.54, 1.807) is 17.8 Å². The van der Waals surface area contributed by atoms with E-state index in [9.17, 15) is 0 Å². The number of aliphatic imine (C=N–C) groups is 1. The van der Waals surface area contributed by atoms with Crippen molar-refractivity contribution in [1.82, 2.24) is 0 Å². The SMILES string of the molecule is C/C=C/C(=N)C1=NCCS1. The second-order valence-electron chi connectivity index (χ2n) is 1.95. The van der Waals surface area contributed by atoms with Gasteiger partial charge in [0.05, 0.1) is 5.71 Å². The van der Waals surface area contributed by atoms with Crippen LogP contribution in [0, 0.1) is 5.41 Å². The normalized spacial score (nSPS) is 17.9. The standard InChI is InChI=1S/C7H10N2S/c1-2-3-6(8)7-9-4-5-10-7/h2-3,8H,4-5H2,1H3/b3-2+,8-6?. The van der Waals surface area contributed by atoms with Gasteiger partial charge in [-0.15, -0.1) is 11.8 Å². The number of rotatable bonds is 2. The van der Waals surface area contributed by atoms with Crippen molar-refractivity contribution in [3.8, 4) is 0 Å². The summed E-state index contributed by atoms with van der Waals surface area (Å²) in [4.78, 5) is 4.16. The van der Waals surface area contributed by atoms with Gasteiger partial charge in [-0.25, -0.2) is 0 Å². The second kappa shape index (κ2) is 3.56. The van der Waals surface area contributed by atoms with Crippen LogP contribution in [-0.2, 0) is 0 Å². The van der Waals surface area contributed by atoms with Crippen LogP contribution in [0.15, 0.2) is 17.1 Å². The highest BCUT2D eigenvalue weighted by Crippen LogP contribution is 2.12. The van der Waals surface area contributed by atoms with E-state index in [-0.39, 0.29) is 0 Å². The topological polar surface area (TPSA) is 36.2 Å². The zero-order valence-corrected chi connectivity index (χ0v) is 6.74. The summed E-state index contributed by atoms with van der Waals surface area (Å²) in [7, 11) is 0. The molecule has 0 saturated heterocycles. The molecule has 1 N–H and O–H groups in total. The van der Waals surface area contributed by atoms with Crippen molar-refractivity contribution in [2.24, 2.45) is 4.99 Å². The predicted octanol–water partition coefficient (Wildman–Crippen LogP) is 1.73. The highest BCUT2D eigenvalue weighted by molar-refractivity contribution is 8.16. The van der Waals surface area contributed by atoms with E-state index < -0.39 is 0 Å². The van der Waals surface area contributed by atoms with Crippen molar-refractivity contribution in [1.29, 1.82) is 5.41 Å². The zero-order chi connectivity index (χ0) is 7.40. The Bertz CT molecular complexity index is 194. The molecule has 1 aliphatic heterocycles. The van der Waals surface area contributed by atoms with E-state index in [0.29, 0.717) is 5.71 Å². The van der Waals surface area contributed by atoms with Crippen molar-refractivity contribution in [2.45, 2.75) is 6.92 Å². The van der Waals surface area contributed by atoms with Crippen LogP contribution in [0.2, 0.25) is 0 Å². The lowest BCUT2D eigenvalue weighted by Gasteiger charge is -1.92. The molecule has 0 aromatic rings. The van der Waals surface area contributed by atoms with E-state index in [4.69, 9.17) is 5.41 Å². The Balaban J connectivity index is 2.56. The average molecular weight is 154 g/mol. The van der Waals surface area contributed by atoms with Gasteiger partial charge in [0.15, 0.2) is 0 Å². The highest BCUT2D eigenvalue weighted by Gasteiger charge is 2.08. The molecule has 0 saturated carbocycles. The van der Waals surface area contributed by atoms with Gasteiger partial charge >= 0.3 is 0 Å². The first kappa shape index (κ1) is 7.54. The Kier molecular flexibility index (Phi) is 2.68. The summed E-state index contributed by atoms with van der Waals surface area (Å²) in [6, 6.07) is 0. The third-order valence-corrected chi connectivity index (χ3v) is 2.16. The Morgan fingerprint density at radius 2 is 2.60 bits per heavy atom. The van der Waals surface area contributed by atoms with Gasteiger partial charge in [-0.05, 0) is 13.0 Å². The minimum absolute atomic E-state index is 0.546. The molecule has 0 bridgehead atoms. The maximum Gasteiger partial charge on any atom is 0.115 e. The maximum atomic E-state index is 7.45. The molecule has 0 fully saturated rings. The summed E-state index contributed by atoms with van der Waals surface area (Å²) < 4.78 is 0. The van der Waals surface area contributed by atoms with Crippen molar-refractivity contribution in [3.05, 3.63) is 12.2 Å². The van der Waals surface area contributed by atoms with Crippen LogP contribution >= 0.6 is 11.8 Å². The number of hydrogen-bond donors (Lipinski definition) is 1. The monoisotopic (exact) mass is 154 g/mol. The molecule has 0 unspecified atom stereocenters. The van der Waals surface area contributed by atoms with Gasteiger partial charge in [0.25, 0.3) is 0 Å². The van der Waals surface area contributed by atoms with E-state index in [1.807, 2.05) is 13.0 Å². The first-order valence-corrected chi connectivity index (χ1v) is 4.22. The molecular weight excluding hydrogens is 144 g/mol. The molecule has 1 rings (SSSR count). The first-order valence-electron chi connectivity index (χ1n) is 3.23. The van der Waals surface area contributed by atoms with Crippen LogP contribution in [0.5, 0.6) is 0 Å². The molecule has 0 aromatic heterocycles. The second-order valence-corrected chi connectivity index (χ2v) is 3.03. The highest BCUT2D eigenvalue weighted by atomic mass is 32.2. The third-order valence-electron chi connectivity index (χ3n) is 1.15. The summed E-state index contributed by atoms with van der Waals surface area (Å²) in [6.45, 7) is 2.79. The van der Waals surface area contributed by atoms with Gasteiger partial charge in [0.2, 0.25) is 0 Å². The van der Waals surface area contributed by atoms with Crippen LogP contribution in [0.1, 0.15) is 6.92 Å². The van der Waals surface area contributed by atoms with Crippen LogP contribution in [0.4, 0.5) is 0 Å². The summed E-state index contributed by atoms with van der Waals surface area (Å²) >= 11 is 1.66. The Morgan fingerprint density at radius 3 is 3.10 bits per heavy atom. The smallest absolute Gasteiger partial charge is 0.115 e. The molecule has 54 valence electrons. The molecule has 0 aliphatic carbocycles. The average Bonchev–Trinajstić information content (AvgIpc) is 2.38. The molecule has 1 aliphatic rings. The predicted molar refractivity (Wildman–Crippen MR) is 47.3 cm³/mol. The van der Waals surface area contributed by atoms with Gasteiger partial charge in [0, 0.05) is 12.3 Å². The molecule has 3 heteroatoms. The van der Waals surface area contributed by atoms with Gasteiger partial charge in [-0.1, -0.05) is 6.08 Å². The molecule has 0 atom stereocenters. The van der Waals surface area contributed by atoms with Gasteiger partial charge in [-0.3, -0.25) is 10.4 Å². The largest absolute Gasteiger partial charge is 0.298 e. The lowest BCUT2D eigenvalue weighted by atomic mass is 10.3. The fourth-order valence-corrected chi connectivity index (χ4v) is 1.52. The lowest BCUT2D eigenvalue weighted by Crippen LogP contribution is -2.02. The summed E-state index contributed by atoms with van der Waals surface area (Å²) in [5, 5.41) is 8.33. The number of hydrogen-bond acceptors (Lipinski definition) is 3. The lowest BCUT2D eigenvalue weighted by molar-refractivity contribution is 1.18.